The number of hydrogen-bond acceptors (Lipinski definition) is 4. The van der Waals surface area contributed by atoms with Crippen LogP contribution in [0.3, 0.4) is 0 Å². The maximum absolute atomic E-state index is 5.52. The van der Waals surface area contributed by atoms with Crippen LogP contribution in [-0.4, -0.2) is 27.9 Å². The van der Waals surface area contributed by atoms with Gasteiger partial charge in [0, 0.05) is 13.0 Å². The third-order valence-corrected chi connectivity index (χ3v) is 3.66. The van der Waals surface area contributed by atoms with E-state index in [0.717, 1.165) is 50.7 Å². The molecule has 20 heavy (non-hydrogen) atoms. The predicted molar refractivity (Wildman–Crippen MR) is 76.7 cm³/mol. The largest absolute Gasteiger partial charge is 0.493 e. The molecule has 5 nitrogen and oxygen atoms in total. The van der Waals surface area contributed by atoms with E-state index in [9.17, 15) is 0 Å². The molecule has 1 N–H and O–H groups in total. The van der Waals surface area contributed by atoms with E-state index in [1.807, 2.05) is 0 Å². The van der Waals surface area contributed by atoms with Crippen LogP contribution < -0.4 is 10.1 Å². The van der Waals surface area contributed by atoms with Crippen LogP contribution in [0.2, 0.25) is 0 Å². The van der Waals surface area contributed by atoms with E-state index in [4.69, 9.17) is 4.74 Å². The van der Waals surface area contributed by atoms with Crippen molar-refractivity contribution in [1.29, 1.82) is 0 Å². The number of nitrogens with zero attached hydrogens (tertiary/aromatic N) is 3. The van der Waals surface area contributed by atoms with Gasteiger partial charge >= 0.3 is 0 Å². The highest BCUT2D eigenvalue weighted by atomic mass is 16.5. The fourth-order valence-electron chi connectivity index (χ4n) is 2.51. The fraction of sp³-hybridized carbons (Fsp3) is 0.467. The molecule has 1 aliphatic heterocycles. The smallest absolute Gasteiger partial charge is 0.146 e. The van der Waals surface area contributed by atoms with E-state index in [1.54, 1.807) is 6.33 Å². The average molecular weight is 272 g/mol. The van der Waals surface area contributed by atoms with Crippen LogP contribution in [0.1, 0.15) is 23.9 Å². The Kier molecular flexibility index (Phi) is 3.97. The number of aromatic nitrogens is 3. The predicted octanol–water partition coefficient (Wildman–Crippen LogP) is 1.57. The Bertz CT molecular complexity index is 579. The highest BCUT2D eigenvalue weighted by Gasteiger charge is 2.11. The molecule has 0 spiro atoms. The number of ether oxygens (including phenoxy) is 1. The van der Waals surface area contributed by atoms with Crippen molar-refractivity contribution in [2.75, 3.05) is 13.2 Å². The molecule has 0 atom stereocenters. The maximum Gasteiger partial charge on any atom is 0.146 e. The molecule has 0 bridgehead atoms. The molecule has 0 saturated carbocycles. The second-order valence-electron chi connectivity index (χ2n) is 5.00. The standard InChI is InChI=1S/C15H20N4O/c1-2-19-11-17-18-15(19)10-16-7-5-12-3-4-14-13(9-12)6-8-20-14/h3-4,9,11,16H,2,5-8,10H2,1H3. The zero-order valence-corrected chi connectivity index (χ0v) is 11.8. The highest BCUT2D eigenvalue weighted by Crippen LogP contribution is 2.25. The summed E-state index contributed by atoms with van der Waals surface area (Å²) in [4.78, 5) is 0. The molecule has 0 aliphatic carbocycles. The third-order valence-electron chi connectivity index (χ3n) is 3.66. The molecule has 1 aromatic carbocycles. The van der Waals surface area contributed by atoms with Gasteiger partial charge in [-0.25, -0.2) is 0 Å². The van der Waals surface area contributed by atoms with Gasteiger partial charge in [-0.15, -0.1) is 10.2 Å². The minimum absolute atomic E-state index is 0.766. The van der Waals surface area contributed by atoms with Gasteiger partial charge in [-0.1, -0.05) is 12.1 Å². The first kappa shape index (κ1) is 13.1. The average Bonchev–Trinajstić information content (AvgIpc) is 3.11. The lowest BCUT2D eigenvalue weighted by Gasteiger charge is -2.07. The maximum atomic E-state index is 5.52. The molecular formula is C15H20N4O. The van der Waals surface area contributed by atoms with Crippen LogP contribution in [0, 0.1) is 0 Å². The van der Waals surface area contributed by atoms with Gasteiger partial charge in [-0.05, 0) is 37.1 Å². The molecule has 0 amide bonds. The second kappa shape index (κ2) is 6.05. The summed E-state index contributed by atoms with van der Waals surface area (Å²) in [6.07, 6.45) is 3.83. The zero-order valence-electron chi connectivity index (χ0n) is 11.8. The number of nitrogens with one attached hydrogen (secondary N) is 1. The van der Waals surface area contributed by atoms with Crippen molar-refractivity contribution >= 4 is 0 Å². The van der Waals surface area contributed by atoms with Crippen LogP contribution >= 0.6 is 0 Å². The summed E-state index contributed by atoms with van der Waals surface area (Å²) in [5, 5.41) is 11.5. The molecule has 1 aliphatic rings. The van der Waals surface area contributed by atoms with Gasteiger partial charge in [0.2, 0.25) is 0 Å². The molecule has 2 aromatic rings. The number of rotatable bonds is 6. The Morgan fingerprint density at radius 3 is 3.25 bits per heavy atom. The Morgan fingerprint density at radius 1 is 1.40 bits per heavy atom. The number of aryl methyl sites for hydroxylation is 1. The molecule has 106 valence electrons. The third kappa shape index (κ3) is 2.82. The quantitative estimate of drug-likeness (QED) is 0.811. The minimum Gasteiger partial charge on any atom is -0.493 e. The summed E-state index contributed by atoms with van der Waals surface area (Å²) >= 11 is 0. The lowest BCUT2D eigenvalue weighted by Crippen LogP contribution is -2.19. The summed E-state index contributed by atoms with van der Waals surface area (Å²) in [5.41, 5.74) is 2.70. The van der Waals surface area contributed by atoms with E-state index in [1.165, 1.54) is 11.1 Å². The molecule has 0 fully saturated rings. The van der Waals surface area contributed by atoms with E-state index in [-0.39, 0.29) is 0 Å². The number of hydrogen-bond donors (Lipinski definition) is 1. The van der Waals surface area contributed by atoms with Crippen molar-refractivity contribution in [3.63, 3.8) is 0 Å². The first-order valence-corrected chi connectivity index (χ1v) is 7.19. The summed E-state index contributed by atoms with van der Waals surface area (Å²) in [5.74, 6) is 2.05. The Labute approximate surface area is 119 Å². The first-order chi connectivity index (χ1) is 9.86. The Morgan fingerprint density at radius 2 is 2.35 bits per heavy atom. The molecule has 5 heteroatoms. The van der Waals surface area contributed by atoms with E-state index in [0.29, 0.717) is 0 Å². The van der Waals surface area contributed by atoms with Crippen LogP contribution in [-0.2, 0) is 25.9 Å². The Hall–Kier alpha value is -1.88. The highest BCUT2D eigenvalue weighted by molar-refractivity contribution is 5.39. The van der Waals surface area contributed by atoms with Gasteiger partial charge in [0.05, 0.1) is 13.2 Å². The topological polar surface area (TPSA) is 52.0 Å². The molecule has 0 saturated heterocycles. The number of benzene rings is 1. The lowest BCUT2D eigenvalue weighted by molar-refractivity contribution is 0.357. The fourth-order valence-corrected chi connectivity index (χ4v) is 2.51. The molecule has 0 unspecified atom stereocenters. The van der Waals surface area contributed by atoms with Crippen molar-refractivity contribution in [3.05, 3.63) is 41.5 Å². The molecule has 3 rings (SSSR count). The number of fused-ring (bicyclic) bond motifs is 1. The molecular weight excluding hydrogens is 252 g/mol. The summed E-state index contributed by atoms with van der Waals surface area (Å²) < 4.78 is 7.58. The van der Waals surface area contributed by atoms with Gasteiger partial charge in [-0.3, -0.25) is 0 Å². The summed E-state index contributed by atoms with van der Waals surface area (Å²) in [6, 6.07) is 6.50. The zero-order chi connectivity index (χ0) is 13.8. The molecule has 1 aromatic heterocycles. The molecule has 2 heterocycles. The van der Waals surface area contributed by atoms with Crippen LogP contribution in [0.25, 0.3) is 0 Å². The van der Waals surface area contributed by atoms with Crippen molar-refractivity contribution < 1.29 is 4.74 Å². The second-order valence-corrected chi connectivity index (χ2v) is 5.00. The van der Waals surface area contributed by atoms with Crippen LogP contribution in [0.5, 0.6) is 5.75 Å². The van der Waals surface area contributed by atoms with Crippen molar-refractivity contribution in [2.45, 2.75) is 32.9 Å². The van der Waals surface area contributed by atoms with Crippen molar-refractivity contribution in [1.82, 2.24) is 20.1 Å². The van der Waals surface area contributed by atoms with E-state index >= 15 is 0 Å². The van der Waals surface area contributed by atoms with Crippen LogP contribution in [0.4, 0.5) is 0 Å². The van der Waals surface area contributed by atoms with Crippen molar-refractivity contribution in [2.24, 2.45) is 0 Å². The lowest BCUT2D eigenvalue weighted by atomic mass is 10.1. The Balaban J connectivity index is 1.48. The van der Waals surface area contributed by atoms with Crippen LogP contribution in [0.15, 0.2) is 24.5 Å². The van der Waals surface area contributed by atoms with Gasteiger partial charge < -0.3 is 14.6 Å². The summed E-state index contributed by atoms with van der Waals surface area (Å²) in [6.45, 7) is 5.54. The van der Waals surface area contributed by atoms with E-state index in [2.05, 4.69) is 45.2 Å². The SMILES string of the molecule is CCn1cnnc1CNCCc1ccc2c(c1)CCO2. The van der Waals surface area contributed by atoms with Gasteiger partial charge in [0.1, 0.15) is 17.9 Å². The monoisotopic (exact) mass is 272 g/mol. The van der Waals surface area contributed by atoms with Gasteiger partial charge in [0.15, 0.2) is 0 Å². The molecule has 0 radical (unpaired) electrons. The summed E-state index contributed by atoms with van der Waals surface area (Å²) in [7, 11) is 0. The van der Waals surface area contributed by atoms with E-state index < -0.39 is 0 Å². The van der Waals surface area contributed by atoms with Gasteiger partial charge in [0.25, 0.3) is 0 Å². The minimum atomic E-state index is 0.766. The van der Waals surface area contributed by atoms with Crippen molar-refractivity contribution in [3.8, 4) is 5.75 Å². The first-order valence-electron chi connectivity index (χ1n) is 7.19. The normalized spacial score (nSPS) is 13.2. The van der Waals surface area contributed by atoms with Gasteiger partial charge in [-0.2, -0.15) is 0 Å².